The van der Waals surface area contributed by atoms with Gasteiger partial charge in [0.1, 0.15) is 11.4 Å². The molecule has 2 aromatic rings. The molecule has 0 saturated heterocycles. The molecule has 0 aliphatic carbocycles. The lowest BCUT2D eigenvalue weighted by Crippen LogP contribution is -2.32. The first kappa shape index (κ1) is 21.3. The third-order valence-electron chi connectivity index (χ3n) is 4.08. The Morgan fingerprint density at radius 2 is 1.71 bits per heavy atom. The van der Waals surface area contributed by atoms with E-state index in [1.165, 1.54) is 12.1 Å². The summed E-state index contributed by atoms with van der Waals surface area (Å²) in [6, 6.07) is 12.2. The number of nitro groups is 1. The lowest BCUT2D eigenvalue weighted by atomic mass is 10.3. The number of benzene rings is 2. The second-order valence-electron chi connectivity index (χ2n) is 6.01. The number of amidine groups is 1. The molecule has 0 fully saturated rings. The van der Waals surface area contributed by atoms with E-state index in [1.54, 1.807) is 7.11 Å². The van der Waals surface area contributed by atoms with Gasteiger partial charge < -0.3 is 4.74 Å². The van der Waals surface area contributed by atoms with Gasteiger partial charge in [-0.1, -0.05) is 0 Å². The number of likely N-dealkylation sites (N-methyl/N-ethyl adjacent to an activating group) is 1. The molecule has 2 aromatic carbocycles. The van der Waals surface area contributed by atoms with E-state index in [-0.39, 0.29) is 17.1 Å². The Balaban J connectivity index is 1.94. The van der Waals surface area contributed by atoms with Gasteiger partial charge in [-0.05, 0) is 36.4 Å². The van der Waals surface area contributed by atoms with Crippen molar-refractivity contribution in [2.24, 2.45) is 0 Å². The third kappa shape index (κ3) is 5.76. The number of nitrogens with zero attached hydrogens (tertiary/aromatic N) is 2. The van der Waals surface area contributed by atoms with Crippen LogP contribution in [0.15, 0.2) is 53.4 Å². The molecular weight excluding hydrogens is 384 g/mol. The minimum atomic E-state index is -3.73. The Morgan fingerprint density at radius 3 is 2.25 bits per heavy atom. The molecule has 28 heavy (non-hydrogen) atoms. The highest BCUT2D eigenvalue weighted by molar-refractivity contribution is 7.89. The first-order valence-electron chi connectivity index (χ1n) is 8.43. The monoisotopic (exact) mass is 407 g/mol. The zero-order valence-electron chi connectivity index (χ0n) is 15.9. The SMILES string of the molecule is COc1ccc(NC(C)=[N+](C)CCNS(=O)(=O)c2ccc([N+](=O)[O-])cc2)cc1. The van der Waals surface area contributed by atoms with E-state index in [9.17, 15) is 18.5 Å². The molecule has 0 aromatic heterocycles. The highest BCUT2D eigenvalue weighted by atomic mass is 32.2. The smallest absolute Gasteiger partial charge is 0.269 e. The van der Waals surface area contributed by atoms with E-state index in [0.717, 1.165) is 29.4 Å². The highest BCUT2D eigenvalue weighted by Gasteiger charge is 2.16. The molecule has 9 nitrogen and oxygen atoms in total. The summed E-state index contributed by atoms with van der Waals surface area (Å²) in [4.78, 5) is 10.1. The Hall–Kier alpha value is -2.98. The predicted octanol–water partition coefficient (Wildman–Crippen LogP) is 2.05. The maximum absolute atomic E-state index is 12.3. The summed E-state index contributed by atoms with van der Waals surface area (Å²) in [6.45, 7) is 2.49. The minimum Gasteiger partial charge on any atom is -0.497 e. The van der Waals surface area contributed by atoms with Crippen molar-refractivity contribution in [3.8, 4) is 5.75 Å². The first-order chi connectivity index (χ1) is 13.2. The van der Waals surface area contributed by atoms with Gasteiger partial charge in [-0.2, -0.15) is 0 Å². The van der Waals surface area contributed by atoms with Crippen molar-refractivity contribution >= 4 is 27.2 Å². The van der Waals surface area contributed by atoms with Gasteiger partial charge >= 0.3 is 0 Å². The van der Waals surface area contributed by atoms with Gasteiger partial charge in [0.05, 0.1) is 30.5 Å². The lowest BCUT2D eigenvalue weighted by Gasteiger charge is -2.09. The number of methoxy groups -OCH3 is 1. The van der Waals surface area contributed by atoms with Crippen molar-refractivity contribution in [1.29, 1.82) is 0 Å². The van der Waals surface area contributed by atoms with Crippen LogP contribution < -0.4 is 14.8 Å². The Morgan fingerprint density at radius 1 is 1.11 bits per heavy atom. The van der Waals surface area contributed by atoms with Gasteiger partial charge in [-0.3, -0.25) is 14.7 Å². The van der Waals surface area contributed by atoms with Gasteiger partial charge in [0, 0.05) is 25.6 Å². The Kier molecular flexibility index (Phi) is 7.07. The molecule has 0 spiro atoms. The Bertz CT molecular complexity index is 954. The normalized spacial score (nSPS) is 12.2. The molecule has 0 aliphatic heterocycles. The molecule has 10 heteroatoms. The molecule has 2 rings (SSSR count). The molecule has 0 radical (unpaired) electrons. The van der Waals surface area contributed by atoms with E-state index in [2.05, 4.69) is 10.0 Å². The molecule has 150 valence electrons. The average molecular weight is 407 g/mol. The second kappa shape index (κ2) is 9.29. The van der Waals surface area contributed by atoms with Crippen LogP contribution in [0.3, 0.4) is 0 Å². The van der Waals surface area contributed by atoms with E-state index in [0.29, 0.717) is 6.54 Å². The van der Waals surface area contributed by atoms with Crippen LogP contribution in [0, 0.1) is 10.1 Å². The van der Waals surface area contributed by atoms with Crippen molar-refractivity contribution < 1.29 is 22.7 Å². The summed E-state index contributed by atoms with van der Waals surface area (Å²) in [5, 5.41) is 13.9. The number of sulfonamides is 1. The molecular formula is C18H23N4O5S+. The lowest BCUT2D eigenvalue weighted by molar-refractivity contribution is -0.495. The number of anilines is 1. The van der Waals surface area contributed by atoms with Crippen LogP contribution in [-0.4, -0.2) is 51.0 Å². The number of hydrogen-bond donors (Lipinski definition) is 2. The molecule has 2 N–H and O–H groups in total. The largest absolute Gasteiger partial charge is 0.497 e. The fraction of sp³-hybridized carbons (Fsp3) is 0.278. The second-order valence-corrected chi connectivity index (χ2v) is 7.78. The molecule has 0 unspecified atom stereocenters. The number of non-ortho nitro benzene ring substituents is 1. The number of rotatable bonds is 8. The van der Waals surface area contributed by atoms with Crippen molar-refractivity contribution in [2.75, 3.05) is 32.6 Å². The van der Waals surface area contributed by atoms with E-state index < -0.39 is 14.9 Å². The van der Waals surface area contributed by atoms with Crippen molar-refractivity contribution in [3.05, 3.63) is 58.6 Å². The maximum Gasteiger partial charge on any atom is 0.269 e. The van der Waals surface area contributed by atoms with E-state index >= 15 is 0 Å². The van der Waals surface area contributed by atoms with Crippen LogP contribution in [0.5, 0.6) is 5.75 Å². The highest BCUT2D eigenvalue weighted by Crippen LogP contribution is 2.16. The zero-order valence-corrected chi connectivity index (χ0v) is 16.7. The fourth-order valence-electron chi connectivity index (χ4n) is 2.32. The summed E-state index contributed by atoms with van der Waals surface area (Å²) in [6.07, 6.45) is 0. The minimum absolute atomic E-state index is 0.0159. The molecule has 0 aliphatic rings. The van der Waals surface area contributed by atoms with Gasteiger partial charge in [0.25, 0.3) is 5.69 Å². The molecule has 0 bridgehead atoms. The summed E-state index contributed by atoms with van der Waals surface area (Å²) in [5.74, 6) is 1.61. The first-order valence-corrected chi connectivity index (χ1v) is 9.91. The van der Waals surface area contributed by atoms with Crippen molar-refractivity contribution in [1.82, 2.24) is 4.72 Å². The van der Waals surface area contributed by atoms with Crippen LogP contribution in [-0.2, 0) is 10.0 Å². The summed E-state index contributed by atoms with van der Waals surface area (Å²) in [7, 11) is -0.292. The number of nitrogens with one attached hydrogen (secondary N) is 2. The van der Waals surface area contributed by atoms with Crippen molar-refractivity contribution in [3.63, 3.8) is 0 Å². The number of nitro benzene ring substituents is 1. The van der Waals surface area contributed by atoms with Gasteiger partial charge in [-0.15, -0.1) is 0 Å². The predicted molar refractivity (Wildman–Crippen MR) is 107 cm³/mol. The molecule has 0 atom stereocenters. The summed E-state index contributed by atoms with van der Waals surface area (Å²) in [5.41, 5.74) is 0.727. The van der Waals surface area contributed by atoms with Crippen LogP contribution in [0.25, 0.3) is 0 Å². The third-order valence-corrected chi connectivity index (χ3v) is 5.56. The quantitative estimate of drug-likeness (QED) is 0.228. The summed E-state index contributed by atoms with van der Waals surface area (Å²) < 4.78 is 34.1. The standard InChI is InChI=1S/C18H22N4O5S/c1-14(20-15-4-8-17(27-3)9-5-15)21(2)13-12-19-28(25,26)18-10-6-16(7-11-18)22(23)24/h4-11,19H,12-13H2,1-3H3/p+1. The number of hydrogen-bond acceptors (Lipinski definition) is 5. The fourth-order valence-corrected chi connectivity index (χ4v) is 3.35. The average Bonchev–Trinajstić information content (AvgIpc) is 2.68. The maximum atomic E-state index is 12.3. The van der Waals surface area contributed by atoms with E-state index in [4.69, 9.17) is 4.74 Å². The van der Waals surface area contributed by atoms with E-state index in [1.807, 2.05) is 42.8 Å². The van der Waals surface area contributed by atoms with Gasteiger partial charge in [0.15, 0.2) is 0 Å². The molecule has 0 heterocycles. The van der Waals surface area contributed by atoms with Gasteiger partial charge in [0.2, 0.25) is 15.9 Å². The molecule has 0 saturated carbocycles. The topological polar surface area (TPSA) is 114 Å². The van der Waals surface area contributed by atoms with Gasteiger partial charge in [-0.25, -0.2) is 18.5 Å². The van der Waals surface area contributed by atoms with Crippen LogP contribution in [0.1, 0.15) is 6.92 Å². The molecule has 0 amide bonds. The van der Waals surface area contributed by atoms with Crippen LogP contribution in [0.4, 0.5) is 11.4 Å². The van der Waals surface area contributed by atoms with Crippen molar-refractivity contribution in [2.45, 2.75) is 11.8 Å². The zero-order chi connectivity index (χ0) is 20.7. The Labute approximate surface area is 163 Å². The van der Waals surface area contributed by atoms with Crippen LogP contribution in [0.2, 0.25) is 0 Å². The summed E-state index contributed by atoms with van der Waals surface area (Å²) >= 11 is 0. The van der Waals surface area contributed by atoms with Crippen LogP contribution >= 0.6 is 0 Å². The number of ether oxygens (including phenoxy) is 1.